The maximum absolute atomic E-state index is 11.0. The summed E-state index contributed by atoms with van der Waals surface area (Å²) in [4.78, 5) is 11.0. The Bertz CT molecular complexity index is 236. The quantitative estimate of drug-likeness (QED) is 0.338. The Hall–Kier alpha value is -0.910. The Morgan fingerprint density at radius 2 is 1.79 bits per heavy atom. The molecule has 0 aliphatic rings. The maximum atomic E-state index is 11.0. The second-order valence-corrected chi connectivity index (χ2v) is 3.17. The van der Waals surface area contributed by atoms with Crippen LogP contribution in [-0.2, 0) is 9.53 Å². The van der Waals surface area contributed by atoms with Gasteiger partial charge in [0.1, 0.15) is 0 Å². The molecule has 0 radical (unpaired) electrons. The molecule has 0 saturated heterocycles. The van der Waals surface area contributed by atoms with Crippen LogP contribution in [0.5, 0.6) is 0 Å². The number of carbonyl (C=O) groups excluding carboxylic acids is 1. The molecule has 0 fully saturated rings. The number of methoxy groups -OCH3 is 1. The Labute approximate surface area is 82.6 Å². The fourth-order valence-electron chi connectivity index (χ4n) is 0.870. The van der Waals surface area contributed by atoms with Crippen molar-refractivity contribution in [1.29, 1.82) is 0 Å². The average Bonchev–Trinajstić information content (AvgIpc) is 2.10. The number of esters is 1. The first-order valence-electron chi connectivity index (χ1n) is 4.19. The van der Waals surface area contributed by atoms with Crippen LogP contribution in [0, 0.1) is 0 Å². The monoisotopic (exact) mass is 204 g/mol. The van der Waals surface area contributed by atoms with Gasteiger partial charge in [-0.15, -0.1) is 0 Å². The van der Waals surface area contributed by atoms with E-state index in [-0.39, 0.29) is 12.8 Å². The molecule has 0 amide bonds. The van der Waals surface area contributed by atoms with E-state index in [1.807, 2.05) is 0 Å². The van der Waals surface area contributed by atoms with Crippen LogP contribution in [0.2, 0.25) is 0 Å². The van der Waals surface area contributed by atoms with Gasteiger partial charge >= 0.3 is 5.97 Å². The summed E-state index contributed by atoms with van der Waals surface area (Å²) >= 11 is 0. The summed E-state index contributed by atoms with van der Waals surface area (Å²) in [6, 6.07) is 0. The van der Waals surface area contributed by atoms with Crippen LogP contribution in [-0.4, -0.2) is 34.4 Å². The summed E-state index contributed by atoms with van der Waals surface area (Å²) in [6.45, 7) is 3.24. The zero-order valence-corrected chi connectivity index (χ0v) is 8.57. The Morgan fingerprint density at radius 3 is 2.14 bits per heavy atom. The van der Waals surface area contributed by atoms with Crippen molar-refractivity contribution >= 4 is 5.97 Å². The van der Waals surface area contributed by atoms with E-state index in [1.54, 1.807) is 13.8 Å². The molecule has 5 heteroatoms. The lowest BCUT2D eigenvalue weighted by molar-refractivity contribution is -0.314. The Balaban J connectivity index is 4.32. The molecule has 5 nitrogen and oxygen atoms in total. The van der Waals surface area contributed by atoms with Crippen LogP contribution in [0.3, 0.4) is 0 Å². The number of carbonyl (C=O) groups is 1. The summed E-state index contributed by atoms with van der Waals surface area (Å²) in [5.74, 6) is -3.14. The van der Waals surface area contributed by atoms with Gasteiger partial charge in [0.25, 0.3) is 5.97 Å². The van der Waals surface area contributed by atoms with Crippen LogP contribution in [0.1, 0.15) is 26.7 Å². The topological polar surface area (TPSA) is 87.0 Å². The molecule has 14 heavy (non-hydrogen) atoms. The van der Waals surface area contributed by atoms with E-state index in [0.717, 1.165) is 0 Å². The minimum absolute atomic E-state index is 0.213. The highest BCUT2D eigenvalue weighted by molar-refractivity contribution is 5.88. The summed E-state index contributed by atoms with van der Waals surface area (Å²) in [5.41, 5.74) is 1.06. The van der Waals surface area contributed by atoms with E-state index in [9.17, 15) is 4.79 Å². The lowest BCUT2D eigenvalue weighted by Crippen LogP contribution is -2.26. The molecule has 0 heterocycles. The molecule has 82 valence electrons. The van der Waals surface area contributed by atoms with Gasteiger partial charge < -0.3 is 20.1 Å². The molecular weight excluding hydrogens is 188 g/mol. The van der Waals surface area contributed by atoms with Crippen LogP contribution in [0.25, 0.3) is 0 Å². The van der Waals surface area contributed by atoms with E-state index >= 15 is 0 Å². The molecule has 0 unspecified atom stereocenters. The maximum Gasteiger partial charge on any atom is 0.333 e. The smallest absolute Gasteiger partial charge is 0.333 e. The third-order valence-electron chi connectivity index (χ3n) is 1.97. The molecule has 0 aromatic carbocycles. The molecule has 0 aromatic rings. The van der Waals surface area contributed by atoms with E-state index in [4.69, 9.17) is 15.3 Å². The largest absolute Gasteiger partial charge is 0.466 e. The molecule has 0 saturated carbocycles. The number of ether oxygens (including phenoxy) is 1. The van der Waals surface area contributed by atoms with Crippen LogP contribution >= 0.6 is 0 Å². The van der Waals surface area contributed by atoms with E-state index in [2.05, 4.69) is 4.74 Å². The molecule has 0 rings (SSSR count). The minimum atomic E-state index is -2.68. The minimum Gasteiger partial charge on any atom is -0.466 e. The molecule has 0 spiro atoms. The second kappa shape index (κ2) is 5.09. The van der Waals surface area contributed by atoms with Crippen LogP contribution in [0.15, 0.2) is 11.1 Å². The highest BCUT2D eigenvalue weighted by atomic mass is 16.7. The first kappa shape index (κ1) is 13.1. The van der Waals surface area contributed by atoms with Crippen molar-refractivity contribution in [3.63, 3.8) is 0 Å². The third kappa shape index (κ3) is 4.96. The van der Waals surface area contributed by atoms with Crippen molar-refractivity contribution in [2.45, 2.75) is 32.7 Å². The molecule has 0 atom stereocenters. The van der Waals surface area contributed by atoms with Gasteiger partial charge in [-0.2, -0.15) is 0 Å². The average molecular weight is 204 g/mol. The summed E-state index contributed by atoms with van der Waals surface area (Å²) in [5, 5.41) is 25.8. The second-order valence-electron chi connectivity index (χ2n) is 3.17. The molecule has 0 aromatic heterocycles. The van der Waals surface area contributed by atoms with Crippen LogP contribution < -0.4 is 0 Å². The first-order valence-corrected chi connectivity index (χ1v) is 4.19. The SMILES string of the molecule is COC(=O)C(C)=C(C)CCC(O)(O)O. The zero-order chi connectivity index (χ0) is 11.4. The summed E-state index contributed by atoms with van der Waals surface area (Å²) < 4.78 is 4.48. The number of allylic oxidation sites excluding steroid dienone is 1. The highest BCUT2D eigenvalue weighted by Gasteiger charge is 2.18. The van der Waals surface area contributed by atoms with E-state index in [1.165, 1.54) is 7.11 Å². The standard InChI is InChI=1S/C9H16O5/c1-6(4-5-9(11,12)13)7(2)8(10)14-3/h11-13H,4-5H2,1-3H3. The summed E-state index contributed by atoms with van der Waals surface area (Å²) in [6.07, 6.45) is -0.0302. The highest BCUT2D eigenvalue weighted by Crippen LogP contribution is 2.15. The third-order valence-corrected chi connectivity index (χ3v) is 1.97. The molecular formula is C9H16O5. The van der Waals surface area contributed by atoms with Crippen molar-refractivity contribution in [3.05, 3.63) is 11.1 Å². The lowest BCUT2D eigenvalue weighted by atomic mass is 10.1. The fraction of sp³-hybridized carbons (Fsp3) is 0.667. The van der Waals surface area contributed by atoms with E-state index < -0.39 is 11.9 Å². The first-order chi connectivity index (χ1) is 6.28. The van der Waals surface area contributed by atoms with Gasteiger partial charge in [-0.1, -0.05) is 5.57 Å². The van der Waals surface area contributed by atoms with Crippen LogP contribution in [0.4, 0.5) is 0 Å². The van der Waals surface area contributed by atoms with Gasteiger partial charge in [0.05, 0.1) is 7.11 Å². The predicted molar refractivity (Wildman–Crippen MR) is 49.0 cm³/mol. The van der Waals surface area contributed by atoms with Gasteiger partial charge in [-0.05, 0) is 20.3 Å². The molecule has 0 aliphatic carbocycles. The zero-order valence-electron chi connectivity index (χ0n) is 8.57. The number of hydrogen-bond donors (Lipinski definition) is 3. The fourth-order valence-corrected chi connectivity index (χ4v) is 0.870. The van der Waals surface area contributed by atoms with Gasteiger partial charge in [0.15, 0.2) is 0 Å². The summed E-state index contributed by atoms with van der Waals surface area (Å²) in [7, 11) is 1.27. The van der Waals surface area contributed by atoms with Gasteiger partial charge in [0, 0.05) is 12.0 Å². The lowest BCUT2D eigenvalue weighted by Gasteiger charge is -2.14. The Morgan fingerprint density at radius 1 is 1.29 bits per heavy atom. The van der Waals surface area contributed by atoms with Gasteiger partial charge in [0.2, 0.25) is 0 Å². The van der Waals surface area contributed by atoms with Crippen molar-refractivity contribution in [3.8, 4) is 0 Å². The Kier molecular flexibility index (Phi) is 4.76. The van der Waals surface area contributed by atoms with Gasteiger partial charge in [-0.25, -0.2) is 4.79 Å². The molecule has 3 N–H and O–H groups in total. The number of aliphatic hydroxyl groups is 3. The van der Waals surface area contributed by atoms with Gasteiger partial charge in [-0.3, -0.25) is 0 Å². The molecule has 0 bridgehead atoms. The van der Waals surface area contributed by atoms with Crippen molar-refractivity contribution in [2.75, 3.05) is 7.11 Å². The predicted octanol–water partition coefficient (Wildman–Crippen LogP) is -0.0933. The molecule has 0 aliphatic heterocycles. The normalized spacial score (nSPS) is 13.6. The van der Waals surface area contributed by atoms with Crippen molar-refractivity contribution < 1.29 is 24.9 Å². The van der Waals surface area contributed by atoms with Crippen molar-refractivity contribution in [1.82, 2.24) is 0 Å². The number of rotatable bonds is 4. The van der Waals surface area contributed by atoms with Crippen molar-refractivity contribution in [2.24, 2.45) is 0 Å². The van der Waals surface area contributed by atoms with E-state index in [0.29, 0.717) is 11.1 Å². The number of hydrogen-bond acceptors (Lipinski definition) is 5.